The quantitative estimate of drug-likeness (QED) is 0.483. The van der Waals surface area contributed by atoms with Gasteiger partial charge in [0, 0.05) is 22.8 Å². The molecule has 3 heterocycles. The van der Waals surface area contributed by atoms with Gasteiger partial charge in [0.05, 0.1) is 17.9 Å². The molecule has 32 heavy (non-hydrogen) atoms. The fourth-order valence-electron chi connectivity index (χ4n) is 8.56. The van der Waals surface area contributed by atoms with Gasteiger partial charge in [0.25, 0.3) is 0 Å². The standard InChI is InChI=1S/C26H30O6/c1-22(2)16-12-18(28)25(5)15(23(16,3)9-7-17(22)27)6-10-24(4)19(14-8-11-30-13-14)31-21(29)20-26(24,25)32-20/h7-9,11,13,15-16,19-20H,6,10,12H2,1-5H3/t15-,16+,19+,20-,23-,24+,25+,26-/m1/s1. The number of furan rings is 1. The third-order valence-electron chi connectivity index (χ3n) is 10.3. The van der Waals surface area contributed by atoms with Crippen molar-refractivity contribution < 1.29 is 28.3 Å². The minimum atomic E-state index is -0.912. The molecule has 0 radical (unpaired) electrons. The number of carbonyl (C=O) groups excluding carboxylic acids is 3. The van der Waals surface area contributed by atoms with Gasteiger partial charge in [0.1, 0.15) is 17.5 Å². The third-order valence-corrected chi connectivity index (χ3v) is 10.3. The van der Waals surface area contributed by atoms with E-state index in [0.29, 0.717) is 6.42 Å². The van der Waals surface area contributed by atoms with Crippen LogP contribution in [-0.2, 0) is 23.9 Å². The molecule has 0 amide bonds. The average Bonchev–Trinajstić information content (AvgIpc) is 3.30. The van der Waals surface area contributed by atoms with E-state index in [1.165, 1.54) is 0 Å². The minimum absolute atomic E-state index is 0.0288. The molecule has 6 nitrogen and oxygen atoms in total. The van der Waals surface area contributed by atoms with Gasteiger partial charge in [0.2, 0.25) is 0 Å². The highest BCUT2D eigenvalue weighted by Gasteiger charge is 2.88. The molecule has 5 aliphatic rings. The van der Waals surface area contributed by atoms with Gasteiger partial charge >= 0.3 is 5.97 Å². The highest BCUT2D eigenvalue weighted by atomic mass is 16.7. The Balaban J connectivity index is 1.53. The van der Waals surface area contributed by atoms with Crippen molar-refractivity contribution in [2.45, 2.75) is 71.7 Å². The van der Waals surface area contributed by atoms with Gasteiger partial charge in [0.15, 0.2) is 11.9 Å². The molecule has 2 saturated carbocycles. The van der Waals surface area contributed by atoms with Crippen LogP contribution in [-0.4, -0.2) is 29.2 Å². The smallest absolute Gasteiger partial charge is 0.339 e. The summed E-state index contributed by atoms with van der Waals surface area (Å²) in [5.74, 6) is -0.312. The van der Waals surface area contributed by atoms with E-state index in [4.69, 9.17) is 13.9 Å². The van der Waals surface area contributed by atoms with E-state index in [1.807, 2.05) is 32.9 Å². The van der Waals surface area contributed by atoms with Crippen LogP contribution in [0.4, 0.5) is 0 Å². The molecular formula is C26H30O6. The molecule has 0 unspecified atom stereocenters. The van der Waals surface area contributed by atoms with Crippen molar-refractivity contribution in [3.63, 3.8) is 0 Å². The minimum Gasteiger partial charge on any atom is -0.472 e. The molecule has 170 valence electrons. The zero-order valence-corrected chi connectivity index (χ0v) is 19.3. The number of epoxide rings is 1. The number of hydrogen-bond donors (Lipinski definition) is 0. The van der Waals surface area contributed by atoms with E-state index >= 15 is 0 Å². The SMILES string of the molecule is CC1(C)C(=O)C=C[C@]2(C)[C@H]3CC[C@@]4(C)[C@H](c5ccoc5)OC(=O)[C@H]5O[C@]54[C@]3(C)C(=O)C[C@@H]12. The Labute approximate surface area is 187 Å². The fraction of sp³-hybridized carbons (Fsp3) is 0.654. The van der Waals surface area contributed by atoms with Gasteiger partial charge in [-0.05, 0) is 49.2 Å². The molecule has 0 bridgehead atoms. The van der Waals surface area contributed by atoms with Crippen LogP contribution in [0.25, 0.3) is 0 Å². The summed E-state index contributed by atoms with van der Waals surface area (Å²) in [4.78, 5) is 39.8. The van der Waals surface area contributed by atoms with Crippen molar-refractivity contribution in [2.24, 2.45) is 33.5 Å². The molecule has 1 aromatic rings. The summed E-state index contributed by atoms with van der Waals surface area (Å²) >= 11 is 0. The molecule has 0 N–H and O–H groups in total. The number of fused-ring (bicyclic) bond motifs is 3. The normalized spacial score (nSPS) is 50.6. The highest BCUT2D eigenvalue weighted by molar-refractivity contribution is 5.98. The second kappa shape index (κ2) is 5.64. The lowest BCUT2D eigenvalue weighted by Gasteiger charge is -2.66. The molecule has 1 spiro atoms. The van der Waals surface area contributed by atoms with Crippen LogP contribution in [0.15, 0.2) is 35.2 Å². The van der Waals surface area contributed by atoms with Gasteiger partial charge in [-0.3, -0.25) is 9.59 Å². The monoisotopic (exact) mass is 438 g/mol. The number of esters is 1. The van der Waals surface area contributed by atoms with Crippen LogP contribution in [0.5, 0.6) is 0 Å². The average molecular weight is 439 g/mol. The van der Waals surface area contributed by atoms with Crippen LogP contribution >= 0.6 is 0 Å². The van der Waals surface area contributed by atoms with Gasteiger partial charge < -0.3 is 13.9 Å². The van der Waals surface area contributed by atoms with Gasteiger partial charge in [-0.1, -0.05) is 33.8 Å². The van der Waals surface area contributed by atoms with E-state index in [1.54, 1.807) is 18.6 Å². The summed E-state index contributed by atoms with van der Waals surface area (Å²) in [5.41, 5.74) is -2.45. The summed E-state index contributed by atoms with van der Waals surface area (Å²) < 4.78 is 17.5. The summed E-state index contributed by atoms with van der Waals surface area (Å²) in [6.45, 7) is 10.2. The number of Topliss-reactive ketones (excluding diaryl/α,β-unsaturated/α-hetero) is 1. The largest absolute Gasteiger partial charge is 0.472 e. The van der Waals surface area contributed by atoms with Crippen LogP contribution in [0.2, 0.25) is 0 Å². The predicted molar refractivity (Wildman–Crippen MR) is 113 cm³/mol. The van der Waals surface area contributed by atoms with Crippen molar-refractivity contribution in [1.82, 2.24) is 0 Å². The van der Waals surface area contributed by atoms with Crippen LogP contribution < -0.4 is 0 Å². The zero-order chi connectivity index (χ0) is 22.9. The van der Waals surface area contributed by atoms with E-state index in [2.05, 4.69) is 13.8 Å². The lowest BCUT2D eigenvalue weighted by molar-refractivity contribution is -0.210. The second-order valence-corrected chi connectivity index (χ2v) is 11.8. The van der Waals surface area contributed by atoms with E-state index < -0.39 is 40.0 Å². The second-order valence-electron chi connectivity index (χ2n) is 11.8. The Kier molecular flexibility index (Phi) is 3.60. The van der Waals surface area contributed by atoms with Crippen LogP contribution in [0.3, 0.4) is 0 Å². The lowest BCUT2D eigenvalue weighted by atomic mass is 9.36. The Morgan fingerprint density at radius 1 is 1.00 bits per heavy atom. The Morgan fingerprint density at radius 3 is 2.44 bits per heavy atom. The first-order chi connectivity index (χ1) is 14.9. The molecule has 3 aliphatic carbocycles. The van der Waals surface area contributed by atoms with Crippen LogP contribution in [0, 0.1) is 33.5 Å². The summed E-state index contributed by atoms with van der Waals surface area (Å²) in [7, 11) is 0. The van der Waals surface area contributed by atoms with Gasteiger partial charge in [-0.15, -0.1) is 0 Å². The van der Waals surface area contributed by atoms with E-state index in [9.17, 15) is 14.4 Å². The number of ether oxygens (including phenoxy) is 2. The number of cyclic esters (lactones) is 1. The van der Waals surface area contributed by atoms with E-state index in [-0.39, 0.29) is 28.8 Å². The molecule has 2 aliphatic heterocycles. The molecule has 1 aromatic heterocycles. The van der Waals surface area contributed by atoms with Crippen LogP contribution in [0.1, 0.15) is 65.5 Å². The third kappa shape index (κ3) is 1.92. The number of allylic oxidation sites excluding steroid dienone is 2. The topological polar surface area (TPSA) is 86.1 Å². The number of carbonyl (C=O) groups is 3. The molecule has 2 saturated heterocycles. The Morgan fingerprint density at radius 2 is 1.75 bits per heavy atom. The summed E-state index contributed by atoms with van der Waals surface area (Å²) in [6.07, 6.45) is 7.57. The molecule has 6 rings (SSSR count). The number of hydrogen-bond acceptors (Lipinski definition) is 6. The van der Waals surface area contributed by atoms with Gasteiger partial charge in [-0.2, -0.15) is 0 Å². The first kappa shape index (κ1) is 20.4. The van der Waals surface area contributed by atoms with E-state index in [0.717, 1.165) is 18.4 Å². The number of rotatable bonds is 1. The fourth-order valence-corrected chi connectivity index (χ4v) is 8.56. The molecule has 8 atom stereocenters. The maximum Gasteiger partial charge on any atom is 0.339 e. The zero-order valence-electron chi connectivity index (χ0n) is 19.3. The Bertz CT molecular complexity index is 1080. The maximum absolute atomic E-state index is 14.1. The Hall–Kier alpha value is -2.21. The van der Waals surface area contributed by atoms with Crippen molar-refractivity contribution in [1.29, 1.82) is 0 Å². The molecule has 0 aromatic carbocycles. The summed E-state index contributed by atoms with van der Waals surface area (Å²) in [5, 5.41) is 0. The predicted octanol–water partition coefficient (Wildman–Crippen LogP) is 4.20. The number of ketones is 2. The van der Waals surface area contributed by atoms with Crippen molar-refractivity contribution in [2.75, 3.05) is 0 Å². The first-order valence-corrected chi connectivity index (χ1v) is 11.6. The van der Waals surface area contributed by atoms with Gasteiger partial charge in [-0.25, -0.2) is 4.79 Å². The van der Waals surface area contributed by atoms with Crippen molar-refractivity contribution >= 4 is 17.5 Å². The molecular weight excluding hydrogens is 408 g/mol. The van der Waals surface area contributed by atoms with Crippen molar-refractivity contribution in [3.05, 3.63) is 36.3 Å². The highest BCUT2D eigenvalue weighted by Crippen LogP contribution is 2.78. The van der Waals surface area contributed by atoms with Crippen molar-refractivity contribution in [3.8, 4) is 0 Å². The molecule has 6 heteroatoms. The molecule has 4 fully saturated rings. The first-order valence-electron chi connectivity index (χ1n) is 11.6. The maximum atomic E-state index is 14.1. The lowest BCUT2D eigenvalue weighted by Crippen LogP contribution is -2.71. The summed E-state index contributed by atoms with van der Waals surface area (Å²) in [6, 6.07) is 1.83.